The molecule has 1 rings (SSSR count). The van der Waals surface area contributed by atoms with Crippen LogP contribution < -0.4 is 5.32 Å². The van der Waals surface area contributed by atoms with Gasteiger partial charge in [0.15, 0.2) is 0 Å². The van der Waals surface area contributed by atoms with Crippen molar-refractivity contribution >= 4 is 12.0 Å². The molecule has 2 N–H and O–H groups in total. The topological polar surface area (TPSA) is 87.5 Å². The Kier molecular flexibility index (Phi) is 6.88. The average Bonchev–Trinajstić information content (AvgIpc) is 2.84. The van der Waals surface area contributed by atoms with E-state index in [4.69, 9.17) is 5.11 Å². The van der Waals surface area contributed by atoms with E-state index in [0.717, 1.165) is 12.4 Å². The van der Waals surface area contributed by atoms with Crippen LogP contribution >= 0.6 is 0 Å². The molecule has 0 aliphatic heterocycles. The minimum absolute atomic E-state index is 0.0681. The minimum Gasteiger partial charge on any atom is -0.481 e. The molecule has 0 aliphatic rings. The van der Waals surface area contributed by atoms with Crippen LogP contribution in [0, 0.1) is 5.92 Å². The number of aliphatic carboxylic acids is 1. The standard InChI is InChI=1S/C15H26N4O3/c1-5-19-7-6-16-13(19)10-18(4)15(22)17-12(8-11(2)3)9-14(20)21/h6-7,11-12H,5,8-10H2,1-4H3,(H,17,22)(H,20,21). The third-order valence-electron chi connectivity index (χ3n) is 3.37. The predicted octanol–water partition coefficient (Wildman–Crippen LogP) is 1.93. The van der Waals surface area contributed by atoms with Gasteiger partial charge in [0.25, 0.3) is 0 Å². The molecule has 0 aliphatic carbocycles. The van der Waals surface area contributed by atoms with Crippen LogP contribution in [-0.4, -0.2) is 44.6 Å². The molecule has 1 atom stereocenters. The fourth-order valence-corrected chi connectivity index (χ4v) is 2.32. The second-order valence-electron chi connectivity index (χ2n) is 5.86. The zero-order valence-corrected chi connectivity index (χ0v) is 13.7. The van der Waals surface area contributed by atoms with Crippen LogP contribution in [0.5, 0.6) is 0 Å². The monoisotopic (exact) mass is 310 g/mol. The number of amides is 2. The smallest absolute Gasteiger partial charge is 0.317 e. The number of hydrogen-bond donors (Lipinski definition) is 2. The number of carboxylic acids is 1. The van der Waals surface area contributed by atoms with Gasteiger partial charge in [-0.05, 0) is 19.3 Å². The number of carboxylic acid groups (broad SMARTS) is 1. The number of rotatable bonds is 8. The largest absolute Gasteiger partial charge is 0.481 e. The molecular weight excluding hydrogens is 284 g/mol. The third kappa shape index (κ3) is 5.75. The van der Waals surface area contributed by atoms with Gasteiger partial charge in [0, 0.05) is 32.0 Å². The molecule has 124 valence electrons. The lowest BCUT2D eigenvalue weighted by Gasteiger charge is -2.24. The molecule has 1 unspecified atom stereocenters. The van der Waals surface area contributed by atoms with Gasteiger partial charge in [-0.2, -0.15) is 0 Å². The molecule has 0 saturated heterocycles. The molecule has 1 aromatic heterocycles. The zero-order chi connectivity index (χ0) is 16.7. The number of aryl methyl sites for hydroxylation is 1. The molecule has 22 heavy (non-hydrogen) atoms. The molecule has 0 saturated carbocycles. The lowest BCUT2D eigenvalue weighted by molar-refractivity contribution is -0.137. The molecule has 0 fully saturated rings. The summed E-state index contributed by atoms with van der Waals surface area (Å²) < 4.78 is 1.96. The summed E-state index contributed by atoms with van der Waals surface area (Å²) >= 11 is 0. The van der Waals surface area contributed by atoms with E-state index in [1.54, 1.807) is 13.2 Å². The summed E-state index contributed by atoms with van der Waals surface area (Å²) in [7, 11) is 1.68. The van der Waals surface area contributed by atoms with E-state index in [2.05, 4.69) is 10.3 Å². The Hall–Kier alpha value is -2.05. The molecule has 0 spiro atoms. The van der Waals surface area contributed by atoms with E-state index in [1.807, 2.05) is 31.5 Å². The van der Waals surface area contributed by atoms with Crippen LogP contribution in [0.25, 0.3) is 0 Å². The maximum Gasteiger partial charge on any atom is 0.317 e. The Balaban J connectivity index is 2.62. The van der Waals surface area contributed by atoms with E-state index in [-0.39, 0.29) is 18.5 Å². The predicted molar refractivity (Wildman–Crippen MR) is 83.4 cm³/mol. The van der Waals surface area contributed by atoms with Crippen molar-refractivity contribution in [1.29, 1.82) is 0 Å². The molecule has 1 heterocycles. The molecule has 0 bridgehead atoms. The van der Waals surface area contributed by atoms with Crippen molar-refractivity contribution in [3.05, 3.63) is 18.2 Å². The Morgan fingerprint density at radius 2 is 2.14 bits per heavy atom. The first kappa shape index (κ1) is 18.0. The van der Waals surface area contributed by atoms with Gasteiger partial charge in [-0.25, -0.2) is 9.78 Å². The number of carbonyl (C=O) groups is 2. The second-order valence-corrected chi connectivity index (χ2v) is 5.86. The van der Waals surface area contributed by atoms with Gasteiger partial charge in [-0.3, -0.25) is 4.79 Å². The molecular formula is C15H26N4O3. The lowest BCUT2D eigenvalue weighted by atomic mass is 10.0. The number of carbonyl (C=O) groups excluding carboxylic acids is 1. The van der Waals surface area contributed by atoms with Crippen LogP contribution in [0.3, 0.4) is 0 Å². The minimum atomic E-state index is -0.907. The van der Waals surface area contributed by atoms with Gasteiger partial charge in [-0.15, -0.1) is 0 Å². The van der Waals surface area contributed by atoms with E-state index in [1.165, 1.54) is 4.90 Å². The summed E-state index contributed by atoms with van der Waals surface area (Å²) in [4.78, 5) is 28.9. The first-order valence-corrected chi connectivity index (χ1v) is 7.56. The highest BCUT2D eigenvalue weighted by molar-refractivity contribution is 5.75. The van der Waals surface area contributed by atoms with E-state index < -0.39 is 5.97 Å². The summed E-state index contributed by atoms with van der Waals surface area (Å²) in [5.41, 5.74) is 0. The highest BCUT2D eigenvalue weighted by Crippen LogP contribution is 2.09. The number of nitrogens with one attached hydrogen (secondary N) is 1. The SMILES string of the molecule is CCn1ccnc1CN(C)C(=O)NC(CC(=O)O)CC(C)C. The number of imidazole rings is 1. The Labute approximate surface area is 131 Å². The molecule has 7 nitrogen and oxygen atoms in total. The fourth-order valence-electron chi connectivity index (χ4n) is 2.32. The van der Waals surface area contributed by atoms with E-state index in [9.17, 15) is 9.59 Å². The van der Waals surface area contributed by atoms with Gasteiger partial charge in [-0.1, -0.05) is 13.8 Å². The highest BCUT2D eigenvalue weighted by Gasteiger charge is 2.20. The van der Waals surface area contributed by atoms with Crippen LogP contribution in [0.2, 0.25) is 0 Å². The van der Waals surface area contributed by atoms with Crippen LogP contribution in [0.1, 0.15) is 39.4 Å². The molecule has 0 radical (unpaired) electrons. The van der Waals surface area contributed by atoms with Gasteiger partial charge < -0.3 is 19.9 Å². The van der Waals surface area contributed by atoms with E-state index >= 15 is 0 Å². The first-order valence-electron chi connectivity index (χ1n) is 7.56. The Bertz CT molecular complexity index is 499. The summed E-state index contributed by atoms with van der Waals surface area (Å²) in [6.07, 6.45) is 4.14. The number of urea groups is 1. The Morgan fingerprint density at radius 1 is 1.45 bits per heavy atom. The maximum atomic E-state index is 12.2. The van der Waals surface area contributed by atoms with Crippen molar-refractivity contribution in [3.63, 3.8) is 0 Å². The second kappa shape index (κ2) is 8.41. The van der Waals surface area contributed by atoms with Gasteiger partial charge in [0.2, 0.25) is 0 Å². The van der Waals surface area contributed by atoms with Gasteiger partial charge in [0.1, 0.15) is 5.82 Å². The van der Waals surface area contributed by atoms with Crippen LogP contribution in [0.15, 0.2) is 12.4 Å². The summed E-state index contributed by atoms with van der Waals surface area (Å²) in [5, 5.41) is 11.7. The van der Waals surface area contributed by atoms with Crippen LogP contribution in [-0.2, 0) is 17.9 Å². The molecule has 0 aromatic carbocycles. The maximum absolute atomic E-state index is 12.2. The van der Waals surface area contributed by atoms with Crippen LogP contribution in [0.4, 0.5) is 4.79 Å². The van der Waals surface area contributed by atoms with Gasteiger partial charge >= 0.3 is 12.0 Å². The molecule has 7 heteroatoms. The quantitative estimate of drug-likeness (QED) is 0.768. The first-order chi connectivity index (χ1) is 10.3. The average molecular weight is 310 g/mol. The van der Waals surface area contributed by atoms with Crippen molar-refractivity contribution < 1.29 is 14.7 Å². The number of nitrogens with zero attached hydrogens (tertiary/aromatic N) is 3. The summed E-state index contributed by atoms with van der Waals surface area (Å²) in [6, 6.07) is -0.643. The molecule has 1 aromatic rings. The van der Waals surface area contributed by atoms with Crippen molar-refractivity contribution in [1.82, 2.24) is 19.8 Å². The van der Waals surface area contributed by atoms with Gasteiger partial charge in [0.05, 0.1) is 13.0 Å². The summed E-state index contributed by atoms with van der Waals surface area (Å²) in [5.74, 6) is 0.211. The van der Waals surface area contributed by atoms with E-state index in [0.29, 0.717) is 18.9 Å². The van der Waals surface area contributed by atoms with Crippen molar-refractivity contribution in [2.75, 3.05) is 7.05 Å². The molecule has 2 amide bonds. The normalized spacial score (nSPS) is 12.2. The number of aromatic nitrogens is 2. The summed E-state index contributed by atoms with van der Waals surface area (Å²) in [6.45, 7) is 7.19. The third-order valence-corrected chi connectivity index (χ3v) is 3.37. The Morgan fingerprint density at radius 3 is 2.68 bits per heavy atom. The van der Waals surface area contributed by atoms with Crippen molar-refractivity contribution in [3.8, 4) is 0 Å². The number of hydrogen-bond acceptors (Lipinski definition) is 3. The highest BCUT2D eigenvalue weighted by atomic mass is 16.4. The lowest BCUT2D eigenvalue weighted by Crippen LogP contribution is -2.44. The van der Waals surface area contributed by atoms with Crippen molar-refractivity contribution in [2.45, 2.75) is 52.7 Å². The fraction of sp³-hybridized carbons (Fsp3) is 0.667. The van der Waals surface area contributed by atoms with Crippen molar-refractivity contribution in [2.24, 2.45) is 5.92 Å². The zero-order valence-electron chi connectivity index (χ0n) is 13.7.